The van der Waals surface area contributed by atoms with E-state index in [9.17, 15) is 19.2 Å². The molecule has 0 aromatic carbocycles. The van der Waals surface area contributed by atoms with E-state index in [4.69, 9.17) is 5.11 Å². The van der Waals surface area contributed by atoms with Crippen LogP contribution in [-0.4, -0.2) is 40.8 Å². The van der Waals surface area contributed by atoms with Crippen LogP contribution in [0.1, 0.15) is 33.6 Å². The summed E-state index contributed by atoms with van der Waals surface area (Å²) in [6.07, 6.45) is 2.58. The van der Waals surface area contributed by atoms with Crippen molar-refractivity contribution in [1.82, 2.24) is 10.6 Å². The molecule has 0 rings (SSSR count). The highest BCUT2D eigenvalue weighted by Crippen LogP contribution is 2.08. The number of hydrogen-bond donors (Lipinski definition) is 3. The maximum absolute atomic E-state index is 10.9. The Morgan fingerprint density at radius 2 is 1.59 bits per heavy atom. The van der Waals surface area contributed by atoms with Gasteiger partial charge in [0, 0.05) is 18.5 Å². The van der Waals surface area contributed by atoms with Gasteiger partial charge < -0.3 is 15.7 Å². The van der Waals surface area contributed by atoms with Gasteiger partial charge >= 0.3 is 5.97 Å². The average Bonchev–Trinajstić information content (AvgIpc) is 2.36. The minimum atomic E-state index is -0.927. The second kappa shape index (κ2) is 11.2. The van der Waals surface area contributed by atoms with Gasteiger partial charge in [-0.1, -0.05) is 13.2 Å². The van der Waals surface area contributed by atoms with Crippen LogP contribution in [-0.2, 0) is 19.2 Å². The van der Waals surface area contributed by atoms with Gasteiger partial charge in [0.25, 0.3) is 0 Å². The lowest BCUT2D eigenvalue weighted by atomic mass is 9.98. The molecule has 0 aliphatic heterocycles. The van der Waals surface area contributed by atoms with E-state index in [-0.39, 0.29) is 30.6 Å². The molecule has 0 fully saturated rings. The van der Waals surface area contributed by atoms with E-state index in [2.05, 4.69) is 23.8 Å². The molecule has 22 heavy (non-hydrogen) atoms. The molecule has 7 heteroatoms. The zero-order valence-corrected chi connectivity index (χ0v) is 13.3. The Morgan fingerprint density at radius 1 is 1.09 bits per heavy atom. The van der Waals surface area contributed by atoms with E-state index in [1.54, 1.807) is 13.8 Å². The summed E-state index contributed by atoms with van der Waals surface area (Å²) in [4.78, 5) is 41.9. The number of rotatable bonds is 8. The second-order valence-corrected chi connectivity index (χ2v) is 5.09. The molecule has 2 amide bonds. The molecule has 0 aromatic heterocycles. The van der Waals surface area contributed by atoms with Crippen LogP contribution < -0.4 is 10.6 Å². The number of carbonyl (C=O) groups excluding carboxylic acids is 3. The molecule has 0 saturated carbocycles. The molecule has 0 aromatic rings. The smallest absolute Gasteiger partial charge is 0.305 e. The summed E-state index contributed by atoms with van der Waals surface area (Å²) in [5.41, 5.74) is -0.475. The number of hydrogen-bond acceptors (Lipinski definition) is 4. The van der Waals surface area contributed by atoms with Crippen LogP contribution in [0.25, 0.3) is 0 Å². The van der Waals surface area contributed by atoms with E-state index in [1.807, 2.05) is 0 Å². The first kappa shape index (κ1) is 21.9. The van der Waals surface area contributed by atoms with Crippen molar-refractivity contribution in [3.8, 4) is 0 Å². The maximum Gasteiger partial charge on any atom is 0.305 e. The molecule has 0 aliphatic rings. The number of Topliss-reactive ketones (excluding diaryl/α,β-unsaturated/α-hetero) is 1. The SMILES string of the molecule is C=CC(=O)NC(C)(C)CC(C)=O.C=CC(=O)NCCC(=O)O. The lowest BCUT2D eigenvalue weighted by molar-refractivity contribution is -0.137. The molecule has 0 spiro atoms. The molecule has 3 N–H and O–H groups in total. The second-order valence-electron chi connectivity index (χ2n) is 5.09. The number of ketones is 1. The summed E-state index contributed by atoms with van der Waals surface area (Å²) in [7, 11) is 0. The Morgan fingerprint density at radius 3 is 1.95 bits per heavy atom. The topological polar surface area (TPSA) is 113 Å². The quantitative estimate of drug-likeness (QED) is 0.574. The van der Waals surface area contributed by atoms with Crippen LogP contribution in [0.4, 0.5) is 0 Å². The van der Waals surface area contributed by atoms with Crippen molar-refractivity contribution in [1.29, 1.82) is 0 Å². The maximum atomic E-state index is 10.9. The third kappa shape index (κ3) is 15.6. The Balaban J connectivity index is 0. The first-order chi connectivity index (χ1) is 10.0. The molecular weight excluding hydrogens is 288 g/mol. The van der Waals surface area contributed by atoms with Gasteiger partial charge in [-0.3, -0.25) is 19.2 Å². The molecule has 0 unspecified atom stereocenters. The average molecular weight is 312 g/mol. The summed E-state index contributed by atoms with van der Waals surface area (Å²) >= 11 is 0. The van der Waals surface area contributed by atoms with Crippen molar-refractivity contribution in [2.45, 2.75) is 39.2 Å². The van der Waals surface area contributed by atoms with E-state index < -0.39 is 11.5 Å². The van der Waals surface area contributed by atoms with Crippen molar-refractivity contribution in [2.24, 2.45) is 0 Å². The van der Waals surface area contributed by atoms with E-state index in [0.717, 1.165) is 6.08 Å². The molecule has 0 heterocycles. The van der Waals surface area contributed by atoms with E-state index >= 15 is 0 Å². The Bertz CT molecular complexity index is 441. The van der Waals surface area contributed by atoms with Crippen LogP contribution in [0.3, 0.4) is 0 Å². The number of carboxylic acid groups (broad SMARTS) is 1. The van der Waals surface area contributed by atoms with Crippen LogP contribution in [0.5, 0.6) is 0 Å². The van der Waals surface area contributed by atoms with Crippen LogP contribution in [0.2, 0.25) is 0 Å². The first-order valence-corrected chi connectivity index (χ1v) is 6.60. The Hall–Kier alpha value is -2.44. The molecule has 7 nitrogen and oxygen atoms in total. The van der Waals surface area contributed by atoms with Crippen molar-refractivity contribution >= 4 is 23.6 Å². The number of aliphatic carboxylic acids is 1. The van der Waals surface area contributed by atoms with Crippen molar-refractivity contribution in [2.75, 3.05) is 6.54 Å². The zero-order chi connectivity index (χ0) is 17.8. The fourth-order valence-electron chi connectivity index (χ4n) is 1.42. The minimum Gasteiger partial charge on any atom is -0.481 e. The molecule has 124 valence electrons. The van der Waals surface area contributed by atoms with Gasteiger partial charge in [-0.05, 0) is 32.9 Å². The number of carbonyl (C=O) groups is 4. The normalized spacial score (nSPS) is 9.59. The monoisotopic (exact) mass is 312 g/mol. The molecule has 0 atom stereocenters. The summed E-state index contributed by atoms with van der Waals surface area (Å²) in [5, 5.41) is 13.1. The lowest BCUT2D eigenvalue weighted by Gasteiger charge is -2.23. The van der Waals surface area contributed by atoms with E-state index in [0.29, 0.717) is 6.42 Å². The number of carboxylic acids is 1. The summed E-state index contributed by atoms with van der Waals surface area (Å²) in [6.45, 7) is 11.8. The largest absolute Gasteiger partial charge is 0.481 e. The molecule has 0 radical (unpaired) electrons. The summed E-state index contributed by atoms with van der Waals surface area (Å²) < 4.78 is 0. The predicted molar refractivity (Wildman–Crippen MR) is 83.2 cm³/mol. The minimum absolute atomic E-state index is 0.0560. The van der Waals surface area contributed by atoms with Crippen molar-refractivity contribution < 1.29 is 24.3 Å². The molecule has 0 aliphatic carbocycles. The first-order valence-electron chi connectivity index (χ1n) is 6.60. The molecule has 0 bridgehead atoms. The van der Waals surface area contributed by atoms with Gasteiger partial charge in [0.1, 0.15) is 5.78 Å². The van der Waals surface area contributed by atoms with Crippen LogP contribution in [0.15, 0.2) is 25.3 Å². The predicted octanol–water partition coefficient (Wildman–Crippen LogP) is 0.810. The Kier molecular flexibility index (Phi) is 11.2. The van der Waals surface area contributed by atoms with Gasteiger partial charge in [-0.15, -0.1) is 0 Å². The van der Waals surface area contributed by atoms with Gasteiger partial charge in [0.15, 0.2) is 0 Å². The Labute approximate surface area is 130 Å². The molecule has 0 saturated heterocycles. The highest BCUT2D eigenvalue weighted by atomic mass is 16.4. The van der Waals surface area contributed by atoms with Gasteiger partial charge in [-0.25, -0.2) is 0 Å². The standard InChI is InChI=1S/C9H15NO2.C6H9NO3/c1-5-8(12)10-9(3,4)6-7(2)11;1-2-5(8)7-4-3-6(9)10/h5H,1,6H2,2-4H3,(H,10,12);2H,1,3-4H2,(H,7,8)(H,9,10). The van der Waals surface area contributed by atoms with Crippen LogP contribution >= 0.6 is 0 Å². The zero-order valence-electron chi connectivity index (χ0n) is 13.3. The summed E-state index contributed by atoms with van der Waals surface area (Å²) in [5.74, 6) is -1.46. The fourth-order valence-corrected chi connectivity index (χ4v) is 1.42. The van der Waals surface area contributed by atoms with Crippen LogP contribution in [0, 0.1) is 0 Å². The summed E-state index contributed by atoms with van der Waals surface area (Å²) in [6, 6.07) is 0. The van der Waals surface area contributed by atoms with Gasteiger partial charge in [-0.2, -0.15) is 0 Å². The lowest BCUT2D eigenvalue weighted by Crippen LogP contribution is -2.43. The van der Waals surface area contributed by atoms with Gasteiger partial charge in [0.2, 0.25) is 11.8 Å². The molecular formula is C15H24N2O5. The van der Waals surface area contributed by atoms with Crippen molar-refractivity contribution in [3.63, 3.8) is 0 Å². The third-order valence-corrected chi connectivity index (χ3v) is 2.16. The highest BCUT2D eigenvalue weighted by molar-refractivity contribution is 5.88. The van der Waals surface area contributed by atoms with Crippen molar-refractivity contribution in [3.05, 3.63) is 25.3 Å². The van der Waals surface area contributed by atoms with Gasteiger partial charge in [0.05, 0.1) is 6.42 Å². The highest BCUT2D eigenvalue weighted by Gasteiger charge is 2.20. The number of amides is 2. The fraction of sp³-hybridized carbons (Fsp3) is 0.467. The third-order valence-electron chi connectivity index (χ3n) is 2.16. The number of nitrogens with one attached hydrogen (secondary N) is 2. The van der Waals surface area contributed by atoms with E-state index in [1.165, 1.54) is 13.0 Å².